The van der Waals surface area contributed by atoms with Gasteiger partial charge in [-0.15, -0.1) is 5.76 Å². The van der Waals surface area contributed by atoms with Crippen molar-refractivity contribution >= 4 is 5.78 Å². The van der Waals surface area contributed by atoms with E-state index >= 15 is 0 Å². The maximum atomic E-state index is 9.98. The third-order valence-electron chi connectivity index (χ3n) is 0.407. The molecule has 0 saturated heterocycles. The van der Waals surface area contributed by atoms with Gasteiger partial charge in [-0.2, -0.15) is 0 Å². The maximum Gasteiger partial charge on any atom is 1.00 e. The Kier molecular flexibility index (Phi) is 16.1. The summed E-state index contributed by atoms with van der Waals surface area (Å²) >= 11 is 0. The van der Waals surface area contributed by atoms with Gasteiger partial charge in [-0.3, -0.25) is 4.79 Å². The fourth-order valence-electron chi connectivity index (χ4n) is 0.286. The molecule has 0 aliphatic rings. The zero-order valence-corrected chi connectivity index (χ0v) is 9.02. The Balaban J connectivity index is -0.000000180. The maximum absolute atomic E-state index is 9.98. The number of hydrogen-bond acceptors (Lipinski definition) is 2. The fourth-order valence-corrected chi connectivity index (χ4v) is 0.286. The van der Waals surface area contributed by atoms with Crippen molar-refractivity contribution in [2.24, 2.45) is 0 Å². The van der Waals surface area contributed by atoms with Crippen LogP contribution in [0.1, 0.15) is 13.8 Å². The van der Waals surface area contributed by atoms with Crippen molar-refractivity contribution in [1.29, 1.82) is 0 Å². The number of hydrogen-bond donors (Lipinski definition) is 0. The van der Waals surface area contributed by atoms with Gasteiger partial charge in [-0.05, 0) is 13.0 Å². The second-order valence-electron chi connectivity index (χ2n) is 1.37. The predicted molar refractivity (Wildman–Crippen MR) is 28.1 cm³/mol. The van der Waals surface area contributed by atoms with Crippen LogP contribution in [0.15, 0.2) is 11.8 Å². The summed E-state index contributed by atoms with van der Waals surface area (Å²) in [5, 5.41) is 9.98. The zero-order valence-electron chi connectivity index (χ0n) is 5.89. The van der Waals surface area contributed by atoms with E-state index in [9.17, 15) is 9.90 Å². The zero-order chi connectivity index (χ0) is 5.86. The average Bonchev–Trinajstić information content (AvgIpc) is 1.27. The van der Waals surface area contributed by atoms with Crippen molar-refractivity contribution in [3.63, 3.8) is 0 Å². The summed E-state index contributed by atoms with van der Waals surface area (Å²) in [4.78, 5) is 9.98. The third-order valence-corrected chi connectivity index (χ3v) is 0.407. The van der Waals surface area contributed by atoms with E-state index in [-0.39, 0.29) is 68.4 Å². The molecule has 0 aromatic heterocycles. The molecule has 0 spiro atoms. The summed E-state index contributed by atoms with van der Waals surface area (Å²) in [6, 6.07) is 0. The van der Waals surface area contributed by atoms with Crippen LogP contribution in [0, 0.1) is 0 Å². The summed E-state index contributed by atoms with van der Waals surface area (Å²) in [5.74, 6) is -0.375. The Morgan fingerprint density at radius 3 is 1.78 bits per heavy atom. The molecule has 48 valence electrons. The van der Waals surface area contributed by atoms with E-state index < -0.39 is 0 Å². The number of carbonyl (C=O) groups is 1. The standard InChI is InChI=1S/C5H8O2.K.H2O/c1-4(6)3-5(2)7;;/h3,6H,1-2H3;;1H2/q;+1;/p-1/b4-3-;;. The molecule has 0 fully saturated rings. The van der Waals surface area contributed by atoms with Crippen LogP contribution in [0.2, 0.25) is 0 Å². The Labute approximate surface area is 96.9 Å². The van der Waals surface area contributed by atoms with E-state index in [4.69, 9.17) is 0 Å². The molecular formula is C5H9KO3. The molecule has 0 saturated carbocycles. The number of ketones is 1. The molecule has 0 rings (SSSR count). The summed E-state index contributed by atoms with van der Waals surface area (Å²) in [6.45, 7) is 2.70. The number of carbonyl (C=O) groups excluding carboxylic acids is 1. The van der Waals surface area contributed by atoms with E-state index in [0.717, 1.165) is 6.08 Å². The van der Waals surface area contributed by atoms with Gasteiger partial charge in [0, 0.05) is 0 Å². The van der Waals surface area contributed by atoms with Crippen LogP contribution in [-0.4, -0.2) is 11.3 Å². The Hall–Kier alpha value is 0.806. The Morgan fingerprint density at radius 1 is 1.44 bits per heavy atom. The second kappa shape index (κ2) is 8.81. The van der Waals surface area contributed by atoms with Crippen molar-refractivity contribution in [2.45, 2.75) is 13.8 Å². The van der Waals surface area contributed by atoms with E-state index in [1.54, 1.807) is 0 Å². The molecule has 3 nitrogen and oxygen atoms in total. The molecular weight excluding hydrogens is 147 g/mol. The first-order chi connectivity index (χ1) is 3.13. The van der Waals surface area contributed by atoms with Crippen molar-refractivity contribution in [3.05, 3.63) is 11.8 Å². The minimum absolute atomic E-state index is 0. The SMILES string of the molecule is CC(=O)/C=C(/C)[O-].O.[K+]. The van der Waals surface area contributed by atoms with Gasteiger partial charge in [0.15, 0.2) is 5.78 Å². The topological polar surface area (TPSA) is 71.6 Å². The summed E-state index contributed by atoms with van der Waals surface area (Å²) in [7, 11) is 0. The molecule has 0 unspecified atom stereocenters. The molecule has 0 atom stereocenters. The van der Waals surface area contributed by atoms with Gasteiger partial charge in [-0.25, -0.2) is 0 Å². The molecule has 2 N–H and O–H groups in total. The largest absolute Gasteiger partial charge is 1.00 e. The van der Waals surface area contributed by atoms with Crippen LogP contribution in [0.3, 0.4) is 0 Å². The van der Waals surface area contributed by atoms with E-state index in [2.05, 4.69) is 0 Å². The molecule has 4 heteroatoms. The van der Waals surface area contributed by atoms with Crippen LogP contribution in [0.25, 0.3) is 0 Å². The molecule has 0 aliphatic heterocycles. The third kappa shape index (κ3) is 17.7. The summed E-state index contributed by atoms with van der Waals surface area (Å²) in [5.41, 5.74) is 0. The molecule has 0 aliphatic carbocycles. The number of allylic oxidation sites excluding steroid dienone is 2. The van der Waals surface area contributed by atoms with Gasteiger partial charge >= 0.3 is 51.4 Å². The normalized spacial score (nSPS) is 8.89. The van der Waals surface area contributed by atoms with Gasteiger partial charge in [0.1, 0.15) is 0 Å². The fraction of sp³-hybridized carbons (Fsp3) is 0.400. The first-order valence-corrected chi connectivity index (χ1v) is 1.99. The number of rotatable bonds is 1. The molecule has 0 radical (unpaired) electrons. The van der Waals surface area contributed by atoms with Crippen molar-refractivity contribution < 1.29 is 66.8 Å². The summed E-state index contributed by atoms with van der Waals surface area (Å²) < 4.78 is 0. The van der Waals surface area contributed by atoms with Crippen molar-refractivity contribution in [1.82, 2.24) is 0 Å². The molecule has 0 heterocycles. The van der Waals surface area contributed by atoms with Crippen LogP contribution in [0.5, 0.6) is 0 Å². The molecule has 9 heavy (non-hydrogen) atoms. The first-order valence-electron chi connectivity index (χ1n) is 1.99. The van der Waals surface area contributed by atoms with Crippen molar-refractivity contribution in [2.75, 3.05) is 0 Å². The monoisotopic (exact) mass is 156 g/mol. The van der Waals surface area contributed by atoms with Gasteiger partial charge in [-0.1, -0.05) is 6.92 Å². The Morgan fingerprint density at radius 2 is 1.78 bits per heavy atom. The quantitative estimate of drug-likeness (QED) is 0.221. The summed E-state index contributed by atoms with van der Waals surface area (Å²) in [6.07, 6.45) is 1.06. The van der Waals surface area contributed by atoms with E-state index in [0.29, 0.717) is 0 Å². The first kappa shape index (κ1) is 16.4. The van der Waals surface area contributed by atoms with E-state index in [1.807, 2.05) is 0 Å². The smallest absolute Gasteiger partial charge is 0.876 e. The van der Waals surface area contributed by atoms with Gasteiger partial charge in [0.25, 0.3) is 0 Å². The second-order valence-corrected chi connectivity index (χ2v) is 1.37. The van der Waals surface area contributed by atoms with Crippen LogP contribution in [0.4, 0.5) is 0 Å². The molecule has 0 aromatic rings. The van der Waals surface area contributed by atoms with Gasteiger partial charge in [0.2, 0.25) is 0 Å². The van der Waals surface area contributed by atoms with Crippen LogP contribution < -0.4 is 56.5 Å². The molecule has 0 aromatic carbocycles. The van der Waals surface area contributed by atoms with Crippen LogP contribution in [-0.2, 0) is 4.79 Å². The molecule has 0 bridgehead atoms. The average molecular weight is 156 g/mol. The van der Waals surface area contributed by atoms with Crippen LogP contribution >= 0.6 is 0 Å². The predicted octanol–water partition coefficient (Wildman–Crippen LogP) is -3.98. The van der Waals surface area contributed by atoms with Crippen molar-refractivity contribution in [3.8, 4) is 0 Å². The van der Waals surface area contributed by atoms with Gasteiger partial charge < -0.3 is 10.6 Å². The van der Waals surface area contributed by atoms with Gasteiger partial charge in [0.05, 0.1) is 0 Å². The molecule has 0 amide bonds. The minimum atomic E-state index is -0.187. The van der Waals surface area contributed by atoms with E-state index in [1.165, 1.54) is 13.8 Å². The minimum Gasteiger partial charge on any atom is -0.876 e. The Bertz CT molecular complexity index is 105.